The van der Waals surface area contributed by atoms with Crippen LogP contribution < -0.4 is 14.9 Å². The lowest BCUT2D eigenvalue weighted by Gasteiger charge is -2.19. The van der Waals surface area contributed by atoms with Crippen LogP contribution in [-0.2, 0) is 7.05 Å². The van der Waals surface area contributed by atoms with E-state index in [1.807, 2.05) is 24.3 Å². The standard InChI is InChI=1S/C35H28FN2OSi/c1-20-10-13-26-27-15-12-23(18-37)33(35(27)39-34(26)32(20)29-16-21(2)28(36)19-38(29)3)22-11-14-25-24-8-6-7-9-30(24)40(4,5)31(25)17-22/h6-17,19H,1-5H3/q+1/i2D3,16D,19D. The van der Waals surface area contributed by atoms with E-state index in [0.717, 1.165) is 10.9 Å². The number of hydrogen-bond donors (Lipinski definition) is 0. The van der Waals surface area contributed by atoms with Gasteiger partial charge in [0.15, 0.2) is 5.82 Å². The van der Waals surface area contributed by atoms with Gasteiger partial charge < -0.3 is 4.42 Å². The first-order chi connectivity index (χ1) is 21.3. The van der Waals surface area contributed by atoms with Crippen molar-refractivity contribution in [1.29, 1.82) is 5.26 Å². The van der Waals surface area contributed by atoms with Crippen LogP contribution in [0.1, 0.15) is 23.5 Å². The Labute approximate surface area is 240 Å². The van der Waals surface area contributed by atoms with Crippen LogP contribution >= 0.6 is 0 Å². The van der Waals surface area contributed by atoms with E-state index in [0.29, 0.717) is 38.8 Å². The van der Waals surface area contributed by atoms with Gasteiger partial charge in [0.25, 0.3) is 0 Å². The van der Waals surface area contributed by atoms with Crippen molar-refractivity contribution in [3.8, 4) is 39.6 Å². The van der Waals surface area contributed by atoms with Crippen LogP contribution in [0, 0.1) is 30.9 Å². The molecule has 194 valence electrons. The number of halogens is 1. The van der Waals surface area contributed by atoms with Gasteiger partial charge in [0.1, 0.15) is 27.7 Å². The zero-order valence-corrected chi connectivity index (χ0v) is 23.5. The van der Waals surface area contributed by atoms with Gasteiger partial charge in [0, 0.05) is 26.5 Å². The third kappa shape index (κ3) is 3.30. The second kappa shape index (κ2) is 8.48. The van der Waals surface area contributed by atoms with Crippen molar-refractivity contribution in [3.05, 3.63) is 101 Å². The van der Waals surface area contributed by atoms with Crippen LogP contribution in [0.2, 0.25) is 13.1 Å². The van der Waals surface area contributed by atoms with Gasteiger partial charge >= 0.3 is 0 Å². The lowest BCUT2D eigenvalue weighted by molar-refractivity contribution is -0.662. The van der Waals surface area contributed by atoms with Crippen molar-refractivity contribution in [2.24, 2.45) is 7.05 Å². The molecular formula is C35H28FN2OSi+. The Morgan fingerprint density at radius 1 is 0.925 bits per heavy atom. The second-order valence-corrected chi connectivity index (χ2v) is 15.3. The minimum atomic E-state index is -2.94. The third-order valence-electron chi connectivity index (χ3n) is 8.31. The van der Waals surface area contributed by atoms with Crippen molar-refractivity contribution >= 4 is 40.4 Å². The molecule has 0 unspecified atom stereocenters. The average molecular weight is 545 g/mol. The molecule has 0 aliphatic carbocycles. The predicted octanol–water partition coefficient (Wildman–Crippen LogP) is 7.18. The van der Waals surface area contributed by atoms with Crippen molar-refractivity contribution in [3.63, 3.8) is 0 Å². The molecular weight excluding hydrogens is 511 g/mol. The molecule has 3 heterocycles. The summed E-state index contributed by atoms with van der Waals surface area (Å²) in [7, 11) is -0.567. The first-order valence-corrected chi connectivity index (χ1v) is 16.1. The van der Waals surface area contributed by atoms with Crippen LogP contribution in [-0.4, -0.2) is 8.07 Å². The normalized spacial score (nSPS) is 15.6. The second-order valence-electron chi connectivity index (χ2n) is 11.0. The highest BCUT2D eigenvalue weighted by Crippen LogP contribution is 2.42. The molecule has 5 heteroatoms. The van der Waals surface area contributed by atoms with E-state index in [2.05, 4.69) is 55.6 Å². The van der Waals surface area contributed by atoms with E-state index >= 15 is 4.39 Å². The fourth-order valence-corrected chi connectivity index (χ4v) is 9.38. The Balaban J connectivity index is 1.54. The number of nitrogens with zero attached hydrogens (tertiary/aromatic N) is 2. The van der Waals surface area contributed by atoms with Gasteiger partial charge in [-0.25, -0.2) is 4.39 Å². The quantitative estimate of drug-likeness (QED) is 0.171. The number of benzene rings is 4. The maximum Gasteiger partial charge on any atom is 0.216 e. The van der Waals surface area contributed by atoms with E-state index in [9.17, 15) is 5.26 Å². The van der Waals surface area contributed by atoms with Gasteiger partial charge in [-0.15, -0.1) is 0 Å². The number of nitriles is 1. The molecule has 6 aromatic rings. The van der Waals surface area contributed by atoms with Gasteiger partial charge in [0.2, 0.25) is 11.9 Å². The van der Waals surface area contributed by atoms with Gasteiger partial charge in [-0.2, -0.15) is 9.83 Å². The van der Waals surface area contributed by atoms with Crippen LogP contribution in [0.3, 0.4) is 0 Å². The van der Waals surface area contributed by atoms with Crippen molar-refractivity contribution in [1.82, 2.24) is 0 Å². The molecule has 1 aliphatic rings. The van der Waals surface area contributed by atoms with Gasteiger partial charge in [-0.3, -0.25) is 0 Å². The highest BCUT2D eigenvalue weighted by molar-refractivity contribution is 7.03. The molecule has 0 saturated heterocycles. The molecule has 3 nitrogen and oxygen atoms in total. The smallest absolute Gasteiger partial charge is 0.216 e. The first kappa shape index (κ1) is 19.5. The lowest BCUT2D eigenvalue weighted by atomic mass is 9.94. The van der Waals surface area contributed by atoms with E-state index in [1.165, 1.54) is 33.1 Å². The maximum atomic E-state index is 15.1. The van der Waals surface area contributed by atoms with Crippen molar-refractivity contribution in [2.75, 3.05) is 0 Å². The Morgan fingerprint density at radius 3 is 2.42 bits per heavy atom. The Kier molecular flexibility index (Phi) is 4.14. The minimum Gasteiger partial charge on any atom is -0.454 e. The molecule has 0 bridgehead atoms. The first-order valence-electron chi connectivity index (χ1n) is 15.6. The fraction of sp³-hybridized carbons (Fsp3) is 0.143. The zero-order valence-electron chi connectivity index (χ0n) is 27.5. The minimum absolute atomic E-state index is 0.0692. The van der Waals surface area contributed by atoms with Crippen molar-refractivity contribution in [2.45, 2.75) is 26.9 Å². The summed E-state index contributed by atoms with van der Waals surface area (Å²) in [6, 6.07) is 24.0. The SMILES string of the molecule is [2H]c1c(C([2H])([2H])[2H])c(F)c([2H])[n+](C)c1-c1c(C)ccc2c1oc1c(-c3ccc4c(c3)[Si](C)(C)c3ccccc3-4)c(C#N)ccc12. The topological polar surface area (TPSA) is 40.8 Å². The number of hydrogen-bond acceptors (Lipinski definition) is 2. The Morgan fingerprint density at radius 2 is 1.65 bits per heavy atom. The molecule has 1 aliphatic heterocycles. The number of rotatable bonds is 2. The molecule has 0 fully saturated rings. The lowest BCUT2D eigenvalue weighted by Crippen LogP contribution is -2.49. The average Bonchev–Trinajstić information content (AvgIpc) is 3.48. The highest BCUT2D eigenvalue weighted by atomic mass is 28.3. The molecule has 0 spiro atoms. The fourth-order valence-electron chi connectivity index (χ4n) is 6.28. The number of fused-ring (bicyclic) bond motifs is 6. The Hall–Kier alpha value is -4.53. The number of furan rings is 1. The van der Waals surface area contributed by atoms with Gasteiger partial charge in [-0.05, 0) is 64.1 Å². The molecule has 4 aromatic carbocycles. The molecule has 2 aromatic heterocycles. The summed E-state index contributed by atoms with van der Waals surface area (Å²) in [5, 5.41) is 14.4. The molecule has 0 N–H and O–H groups in total. The monoisotopic (exact) mass is 544 g/mol. The van der Waals surface area contributed by atoms with E-state index in [4.69, 9.17) is 11.3 Å². The molecule has 0 atom stereocenters. The predicted molar refractivity (Wildman–Crippen MR) is 162 cm³/mol. The number of aromatic nitrogens is 1. The van der Waals surface area contributed by atoms with Crippen LogP contribution in [0.15, 0.2) is 83.4 Å². The summed E-state index contributed by atoms with van der Waals surface area (Å²) in [5.74, 6) is -1.24. The third-order valence-corrected chi connectivity index (χ3v) is 11.9. The molecule has 0 saturated carbocycles. The number of pyridine rings is 1. The van der Waals surface area contributed by atoms with Gasteiger partial charge in [0.05, 0.1) is 18.6 Å². The van der Waals surface area contributed by atoms with Crippen LogP contribution in [0.4, 0.5) is 4.39 Å². The molecule has 0 radical (unpaired) electrons. The summed E-state index contributed by atoms with van der Waals surface area (Å²) in [6.45, 7) is 3.53. The zero-order chi connectivity index (χ0) is 32.2. The summed E-state index contributed by atoms with van der Waals surface area (Å²) in [4.78, 5) is 0. The molecule has 40 heavy (non-hydrogen) atoms. The van der Waals surface area contributed by atoms with Crippen LogP contribution in [0.5, 0.6) is 0 Å². The van der Waals surface area contributed by atoms with Crippen molar-refractivity contribution < 1.29 is 20.2 Å². The van der Waals surface area contributed by atoms with E-state index in [1.54, 1.807) is 13.0 Å². The maximum absolute atomic E-state index is 15.1. The van der Waals surface area contributed by atoms with Gasteiger partial charge in [-0.1, -0.05) is 67.7 Å². The molecule has 7 rings (SSSR count). The summed E-state index contributed by atoms with van der Waals surface area (Å²) >= 11 is 0. The largest absolute Gasteiger partial charge is 0.454 e. The van der Waals surface area contributed by atoms with E-state index < -0.39 is 38.5 Å². The van der Waals surface area contributed by atoms with Crippen LogP contribution in [0.25, 0.3) is 55.4 Å². The Bertz CT molecular complexity index is 2320. The summed E-state index contributed by atoms with van der Waals surface area (Å²) in [5.41, 5.74) is 5.61. The number of aryl methyl sites for hydroxylation is 1. The molecule has 0 amide bonds. The van der Waals surface area contributed by atoms with E-state index in [-0.39, 0.29) is 5.69 Å². The summed E-state index contributed by atoms with van der Waals surface area (Å²) in [6.07, 6.45) is -0.641. The highest BCUT2D eigenvalue weighted by Gasteiger charge is 2.37. The summed E-state index contributed by atoms with van der Waals surface area (Å²) < 4.78 is 63.9.